The van der Waals surface area contributed by atoms with Crippen LogP contribution in [-0.4, -0.2) is 37.0 Å². The topological polar surface area (TPSA) is 90.3 Å². The molecule has 7 nitrogen and oxygen atoms in total. The van der Waals surface area contributed by atoms with Crippen molar-refractivity contribution in [3.8, 4) is 11.4 Å². The van der Waals surface area contributed by atoms with Crippen LogP contribution in [0.2, 0.25) is 0 Å². The van der Waals surface area contributed by atoms with Crippen LogP contribution in [0.3, 0.4) is 0 Å². The summed E-state index contributed by atoms with van der Waals surface area (Å²) >= 11 is 0. The lowest BCUT2D eigenvalue weighted by Crippen LogP contribution is -2.23. The van der Waals surface area contributed by atoms with E-state index in [9.17, 15) is 13.2 Å². The van der Waals surface area contributed by atoms with Gasteiger partial charge in [-0.15, -0.1) is 0 Å². The minimum atomic E-state index is -3.22. The number of benzene rings is 2. The lowest BCUT2D eigenvalue weighted by molar-refractivity contribution is -0.121. The second kappa shape index (κ2) is 9.78. The summed E-state index contributed by atoms with van der Waals surface area (Å²) in [4.78, 5) is 12.5. The van der Waals surface area contributed by atoms with E-state index in [1.54, 1.807) is 12.1 Å². The van der Waals surface area contributed by atoms with E-state index in [1.165, 1.54) is 12.1 Å². The molecule has 0 fully saturated rings. The molecule has 0 unspecified atom stereocenters. The molecule has 3 aromatic rings. The Labute approximate surface area is 183 Å². The van der Waals surface area contributed by atoms with Crippen LogP contribution < -0.4 is 10.1 Å². The van der Waals surface area contributed by atoms with Gasteiger partial charge in [-0.3, -0.25) is 4.79 Å². The Balaban J connectivity index is 1.45. The number of carbonyl (C=O) groups excluding carboxylic acids is 1. The maximum Gasteiger partial charge on any atom is 0.220 e. The smallest absolute Gasteiger partial charge is 0.220 e. The summed E-state index contributed by atoms with van der Waals surface area (Å²) in [7, 11) is -3.22. The molecule has 0 atom stereocenters. The van der Waals surface area contributed by atoms with E-state index in [1.807, 2.05) is 48.9 Å². The molecule has 0 radical (unpaired) electrons. The summed E-state index contributed by atoms with van der Waals surface area (Å²) < 4.78 is 30.4. The maximum atomic E-state index is 12.2. The fraction of sp³-hybridized carbons (Fsp3) is 0.304. The molecule has 0 saturated heterocycles. The third-order valence-corrected chi connectivity index (χ3v) is 6.10. The lowest BCUT2D eigenvalue weighted by atomic mass is 10.2. The Morgan fingerprint density at radius 3 is 2.39 bits per heavy atom. The Morgan fingerprint density at radius 1 is 1.06 bits per heavy atom. The normalized spacial score (nSPS) is 11.3. The van der Waals surface area contributed by atoms with Crippen LogP contribution in [0.1, 0.15) is 29.8 Å². The van der Waals surface area contributed by atoms with E-state index < -0.39 is 9.84 Å². The van der Waals surface area contributed by atoms with Crippen LogP contribution in [0.15, 0.2) is 59.5 Å². The quantitative estimate of drug-likeness (QED) is 0.514. The number of aromatic nitrogens is 2. The molecule has 1 aromatic heterocycles. The molecule has 0 aliphatic rings. The first-order valence-corrected chi connectivity index (χ1v) is 11.9. The third-order valence-electron chi connectivity index (χ3n) is 4.97. The fourth-order valence-electron chi connectivity index (χ4n) is 3.23. The second-order valence-corrected chi connectivity index (χ2v) is 9.38. The van der Waals surface area contributed by atoms with E-state index >= 15 is 0 Å². The van der Waals surface area contributed by atoms with E-state index in [2.05, 4.69) is 10.4 Å². The second-order valence-electron chi connectivity index (χ2n) is 7.37. The fourth-order valence-corrected chi connectivity index (χ4v) is 3.86. The van der Waals surface area contributed by atoms with Crippen molar-refractivity contribution in [2.45, 2.75) is 38.1 Å². The van der Waals surface area contributed by atoms with E-state index in [-0.39, 0.29) is 10.8 Å². The Hall–Kier alpha value is -3.13. The van der Waals surface area contributed by atoms with Crippen molar-refractivity contribution in [3.63, 3.8) is 0 Å². The summed E-state index contributed by atoms with van der Waals surface area (Å²) in [5.74, 6) is 0.523. The number of carbonyl (C=O) groups is 1. The largest absolute Gasteiger partial charge is 0.494 e. The van der Waals surface area contributed by atoms with Gasteiger partial charge in [-0.25, -0.2) is 13.1 Å². The van der Waals surface area contributed by atoms with Crippen molar-refractivity contribution >= 4 is 15.7 Å². The van der Waals surface area contributed by atoms with Gasteiger partial charge < -0.3 is 10.1 Å². The molecule has 31 heavy (non-hydrogen) atoms. The van der Waals surface area contributed by atoms with Gasteiger partial charge in [-0.2, -0.15) is 5.10 Å². The minimum absolute atomic E-state index is 0.0534. The molecular weight excluding hydrogens is 414 g/mol. The van der Waals surface area contributed by atoms with Crippen LogP contribution in [0.4, 0.5) is 0 Å². The number of sulfone groups is 1. The average molecular weight is 442 g/mol. The predicted molar refractivity (Wildman–Crippen MR) is 119 cm³/mol. The molecular formula is C23H27N3O4S. The molecule has 0 aliphatic carbocycles. The highest BCUT2D eigenvalue weighted by Crippen LogP contribution is 2.18. The van der Waals surface area contributed by atoms with Gasteiger partial charge in [0.25, 0.3) is 0 Å². The highest BCUT2D eigenvalue weighted by Gasteiger charge is 2.13. The third kappa shape index (κ3) is 5.95. The molecule has 1 heterocycles. The Kier molecular flexibility index (Phi) is 7.12. The minimum Gasteiger partial charge on any atom is -0.494 e. The zero-order chi connectivity index (χ0) is 22.4. The average Bonchev–Trinajstić information content (AvgIpc) is 3.03. The summed E-state index contributed by atoms with van der Waals surface area (Å²) in [5, 5.41) is 7.55. The number of rotatable bonds is 9. The van der Waals surface area contributed by atoms with E-state index in [0.29, 0.717) is 31.7 Å². The molecule has 8 heteroatoms. The Bertz CT molecular complexity index is 1140. The first-order valence-electron chi connectivity index (χ1n) is 10.1. The highest BCUT2D eigenvalue weighted by atomic mass is 32.2. The molecule has 2 aromatic carbocycles. The van der Waals surface area contributed by atoms with Crippen LogP contribution in [0.25, 0.3) is 5.69 Å². The number of hydrogen-bond donors (Lipinski definition) is 1. The number of amides is 1. The van der Waals surface area contributed by atoms with Gasteiger partial charge in [-0.05, 0) is 56.7 Å². The van der Waals surface area contributed by atoms with Crippen LogP contribution in [0, 0.1) is 13.8 Å². The number of para-hydroxylation sites is 1. The van der Waals surface area contributed by atoms with Crippen LogP contribution in [-0.2, 0) is 21.2 Å². The molecule has 0 saturated carbocycles. The van der Waals surface area contributed by atoms with Crippen LogP contribution >= 0.6 is 0 Å². The van der Waals surface area contributed by atoms with Gasteiger partial charge in [0.05, 0.1) is 22.9 Å². The summed E-state index contributed by atoms with van der Waals surface area (Å²) in [6, 6.07) is 16.1. The lowest BCUT2D eigenvalue weighted by Gasteiger charge is -2.08. The van der Waals surface area contributed by atoms with Gasteiger partial charge in [0.2, 0.25) is 5.91 Å². The van der Waals surface area contributed by atoms with Gasteiger partial charge in [0.1, 0.15) is 5.75 Å². The predicted octanol–water partition coefficient (Wildman–Crippen LogP) is 3.37. The van der Waals surface area contributed by atoms with Crippen molar-refractivity contribution in [1.29, 1.82) is 0 Å². The van der Waals surface area contributed by atoms with Crippen molar-refractivity contribution in [2.75, 3.05) is 12.9 Å². The summed E-state index contributed by atoms with van der Waals surface area (Å²) in [6.07, 6.45) is 2.06. The zero-order valence-corrected chi connectivity index (χ0v) is 18.8. The number of ether oxygens (including phenoxy) is 1. The Morgan fingerprint density at radius 2 is 1.74 bits per heavy atom. The number of nitrogens with one attached hydrogen (secondary N) is 1. The number of nitrogens with zero attached hydrogens (tertiary/aromatic N) is 2. The first-order chi connectivity index (χ1) is 14.8. The molecule has 3 rings (SSSR count). The first kappa shape index (κ1) is 22.6. The summed E-state index contributed by atoms with van der Waals surface area (Å²) in [5.41, 5.74) is 3.90. The van der Waals surface area contributed by atoms with Gasteiger partial charge in [0, 0.05) is 30.5 Å². The molecule has 0 aliphatic heterocycles. The standard InChI is InChI=1S/C23H27N3O4S/c1-17-22(18(2)26(25-17)19-8-5-4-6-9-19)16-24-23(27)10-7-15-30-20-11-13-21(14-12-20)31(3,28)29/h4-6,8-9,11-14H,7,10,15-16H2,1-3H3,(H,24,27). The molecule has 1 N–H and O–H groups in total. The van der Waals surface area contributed by atoms with Crippen LogP contribution in [0.5, 0.6) is 5.75 Å². The van der Waals surface area contributed by atoms with Crippen molar-refractivity contribution < 1.29 is 17.9 Å². The van der Waals surface area contributed by atoms with Gasteiger partial charge in [0.15, 0.2) is 9.84 Å². The maximum absolute atomic E-state index is 12.2. The number of aryl methyl sites for hydroxylation is 1. The molecule has 164 valence electrons. The van der Waals surface area contributed by atoms with E-state index in [4.69, 9.17) is 4.74 Å². The monoisotopic (exact) mass is 441 g/mol. The molecule has 1 amide bonds. The SMILES string of the molecule is Cc1nn(-c2ccccc2)c(C)c1CNC(=O)CCCOc1ccc(S(C)(=O)=O)cc1. The molecule has 0 spiro atoms. The van der Waals surface area contributed by atoms with Gasteiger partial charge in [-0.1, -0.05) is 18.2 Å². The van der Waals surface area contributed by atoms with Crippen molar-refractivity contribution in [3.05, 3.63) is 71.5 Å². The van der Waals surface area contributed by atoms with Gasteiger partial charge >= 0.3 is 0 Å². The number of hydrogen-bond acceptors (Lipinski definition) is 5. The zero-order valence-electron chi connectivity index (χ0n) is 18.0. The highest BCUT2D eigenvalue weighted by molar-refractivity contribution is 7.90. The summed E-state index contributed by atoms with van der Waals surface area (Å²) in [6.45, 7) is 4.74. The van der Waals surface area contributed by atoms with E-state index in [0.717, 1.165) is 28.9 Å². The van der Waals surface area contributed by atoms with Crippen molar-refractivity contribution in [1.82, 2.24) is 15.1 Å². The van der Waals surface area contributed by atoms with Crippen molar-refractivity contribution in [2.24, 2.45) is 0 Å². The molecule has 0 bridgehead atoms.